The van der Waals surface area contributed by atoms with Gasteiger partial charge >= 0.3 is 0 Å². The van der Waals surface area contributed by atoms with Crippen molar-refractivity contribution in [3.05, 3.63) is 22.7 Å². The minimum atomic E-state index is -0.139. The van der Waals surface area contributed by atoms with Crippen LogP contribution in [0.15, 0.2) is 17.3 Å². The van der Waals surface area contributed by atoms with E-state index < -0.39 is 0 Å². The summed E-state index contributed by atoms with van der Waals surface area (Å²) in [5.74, 6) is 2.23. The van der Waals surface area contributed by atoms with Crippen molar-refractivity contribution in [2.75, 3.05) is 42.8 Å². The van der Waals surface area contributed by atoms with Gasteiger partial charge in [-0.2, -0.15) is 0 Å². The van der Waals surface area contributed by atoms with E-state index in [9.17, 15) is 4.79 Å². The van der Waals surface area contributed by atoms with Gasteiger partial charge in [0.15, 0.2) is 5.16 Å². The van der Waals surface area contributed by atoms with Crippen LogP contribution in [0.5, 0.6) is 5.75 Å². The number of aromatic nitrogens is 3. The summed E-state index contributed by atoms with van der Waals surface area (Å²) in [6, 6.07) is 3.53. The molecule has 0 radical (unpaired) electrons. The van der Waals surface area contributed by atoms with Crippen LogP contribution >= 0.6 is 23.4 Å². The molecule has 0 bridgehead atoms. The van der Waals surface area contributed by atoms with Crippen LogP contribution in [0, 0.1) is 12.8 Å². The number of nitrogens with one attached hydrogen (secondary N) is 1. The highest BCUT2D eigenvalue weighted by Gasteiger charge is 2.26. The first kappa shape index (κ1) is 24.2. The maximum atomic E-state index is 12.7. The van der Waals surface area contributed by atoms with Crippen molar-refractivity contribution < 1.29 is 14.3 Å². The molecule has 1 amide bonds. The number of carbonyl (C=O) groups excluding carboxylic acids is 1. The predicted molar refractivity (Wildman–Crippen MR) is 132 cm³/mol. The molecular weight excluding hydrogens is 462 g/mol. The molecule has 8 nitrogen and oxygen atoms in total. The lowest BCUT2D eigenvalue weighted by atomic mass is 10.00. The molecule has 1 N–H and O–H groups in total. The van der Waals surface area contributed by atoms with Crippen LogP contribution in [0.25, 0.3) is 0 Å². The molecular formula is C23H32ClN5O3S. The van der Waals surface area contributed by atoms with Crippen LogP contribution in [-0.2, 0) is 16.1 Å². The Balaban J connectivity index is 1.46. The zero-order chi connectivity index (χ0) is 23.4. The number of aryl methyl sites for hydroxylation is 1. The number of hydrogen-bond donors (Lipinski definition) is 1. The van der Waals surface area contributed by atoms with Gasteiger partial charge in [-0.25, -0.2) is 0 Å². The van der Waals surface area contributed by atoms with E-state index in [0.717, 1.165) is 68.0 Å². The number of benzene rings is 1. The largest absolute Gasteiger partial charge is 0.495 e. The number of amides is 1. The van der Waals surface area contributed by atoms with Gasteiger partial charge in [-0.05, 0) is 50.2 Å². The minimum absolute atomic E-state index is 0.139. The van der Waals surface area contributed by atoms with E-state index in [-0.39, 0.29) is 17.8 Å². The summed E-state index contributed by atoms with van der Waals surface area (Å²) in [6.45, 7) is 7.66. The summed E-state index contributed by atoms with van der Waals surface area (Å²) in [5.41, 5.74) is 1.48. The first-order valence-electron chi connectivity index (χ1n) is 11.5. The third kappa shape index (κ3) is 5.94. The molecule has 1 aromatic carbocycles. The van der Waals surface area contributed by atoms with E-state index in [1.165, 1.54) is 11.8 Å². The molecule has 10 heteroatoms. The number of nitrogens with zero attached hydrogens (tertiary/aromatic N) is 4. The number of carbonyl (C=O) groups is 1. The summed E-state index contributed by atoms with van der Waals surface area (Å²) in [4.78, 5) is 15.1. The Kier molecular flexibility index (Phi) is 8.03. The Labute approximate surface area is 204 Å². The molecule has 1 unspecified atom stereocenters. The Hall–Kier alpha value is -1.97. The molecule has 1 aromatic heterocycles. The highest BCUT2D eigenvalue weighted by molar-refractivity contribution is 7.99. The monoisotopic (exact) mass is 493 g/mol. The van der Waals surface area contributed by atoms with Crippen LogP contribution in [-0.4, -0.2) is 59.3 Å². The van der Waals surface area contributed by atoms with Crippen LogP contribution < -0.4 is 15.0 Å². The lowest BCUT2D eigenvalue weighted by Gasteiger charge is -2.31. The Bertz CT molecular complexity index is 971. The van der Waals surface area contributed by atoms with E-state index in [0.29, 0.717) is 23.0 Å². The molecule has 2 aliphatic rings. The molecule has 4 rings (SSSR count). The SMILES string of the molecule is COc1cc(Cl)c(C)cc1NC(=O)CSc1nnc(N2CCC(C)CC2)n1CC1CCCO1. The Morgan fingerprint density at radius 1 is 1.30 bits per heavy atom. The second-order valence-corrected chi connectivity index (χ2v) is 10.2. The van der Waals surface area contributed by atoms with Crippen molar-refractivity contribution >= 4 is 40.9 Å². The van der Waals surface area contributed by atoms with E-state index in [1.807, 2.05) is 13.0 Å². The van der Waals surface area contributed by atoms with Crippen molar-refractivity contribution in [3.8, 4) is 5.75 Å². The first-order chi connectivity index (χ1) is 15.9. The second-order valence-electron chi connectivity index (χ2n) is 8.84. The molecule has 3 heterocycles. The van der Waals surface area contributed by atoms with Gasteiger partial charge in [-0.1, -0.05) is 30.3 Å². The zero-order valence-corrected chi connectivity index (χ0v) is 21.0. The van der Waals surface area contributed by atoms with Crippen LogP contribution in [0.3, 0.4) is 0 Å². The molecule has 2 fully saturated rings. The maximum absolute atomic E-state index is 12.7. The summed E-state index contributed by atoms with van der Waals surface area (Å²) in [6.07, 6.45) is 4.59. The van der Waals surface area contributed by atoms with Gasteiger partial charge in [0.2, 0.25) is 11.9 Å². The van der Waals surface area contributed by atoms with E-state index in [4.69, 9.17) is 21.1 Å². The van der Waals surface area contributed by atoms with Gasteiger partial charge in [-0.3, -0.25) is 9.36 Å². The van der Waals surface area contributed by atoms with Gasteiger partial charge in [-0.15, -0.1) is 10.2 Å². The molecule has 2 aliphatic heterocycles. The molecule has 1 atom stereocenters. The molecule has 0 saturated carbocycles. The van der Waals surface area contributed by atoms with E-state index >= 15 is 0 Å². The van der Waals surface area contributed by atoms with Crippen molar-refractivity contribution in [2.24, 2.45) is 5.92 Å². The number of piperidine rings is 1. The average Bonchev–Trinajstić information content (AvgIpc) is 3.46. The first-order valence-corrected chi connectivity index (χ1v) is 12.9. The van der Waals surface area contributed by atoms with Crippen LogP contribution in [0.4, 0.5) is 11.6 Å². The van der Waals surface area contributed by atoms with Crippen LogP contribution in [0.1, 0.15) is 38.2 Å². The number of thioether (sulfide) groups is 1. The van der Waals surface area contributed by atoms with Crippen molar-refractivity contribution in [3.63, 3.8) is 0 Å². The molecule has 0 spiro atoms. The van der Waals surface area contributed by atoms with Gasteiger partial charge in [0.25, 0.3) is 0 Å². The third-order valence-corrected chi connectivity index (χ3v) is 7.64. The number of methoxy groups -OCH3 is 1. The number of rotatable bonds is 8. The van der Waals surface area contributed by atoms with Gasteiger partial charge < -0.3 is 19.7 Å². The minimum Gasteiger partial charge on any atom is -0.495 e. The Morgan fingerprint density at radius 3 is 2.79 bits per heavy atom. The van der Waals surface area contributed by atoms with Crippen molar-refractivity contribution in [2.45, 2.75) is 57.3 Å². The smallest absolute Gasteiger partial charge is 0.234 e. The topological polar surface area (TPSA) is 81.5 Å². The third-order valence-electron chi connectivity index (χ3n) is 6.26. The summed E-state index contributed by atoms with van der Waals surface area (Å²) >= 11 is 7.57. The van der Waals surface area contributed by atoms with E-state index in [1.54, 1.807) is 13.2 Å². The highest BCUT2D eigenvalue weighted by Crippen LogP contribution is 2.32. The predicted octanol–water partition coefficient (Wildman–Crippen LogP) is 4.39. The van der Waals surface area contributed by atoms with Crippen molar-refractivity contribution in [1.82, 2.24) is 14.8 Å². The maximum Gasteiger partial charge on any atom is 0.234 e. The van der Waals surface area contributed by atoms with Gasteiger partial charge in [0.05, 0.1) is 31.2 Å². The fourth-order valence-electron chi connectivity index (χ4n) is 4.23. The quantitative estimate of drug-likeness (QED) is 0.546. The number of hydrogen-bond acceptors (Lipinski definition) is 7. The summed E-state index contributed by atoms with van der Waals surface area (Å²) in [5, 5.41) is 13.2. The fourth-order valence-corrected chi connectivity index (χ4v) is 5.12. The summed E-state index contributed by atoms with van der Waals surface area (Å²) in [7, 11) is 1.56. The Morgan fingerprint density at radius 2 is 2.09 bits per heavy atom. The molecule has 2 aromatic rings. The number of anilines is 2. The molecule has 2 saturated heterocycles. The normalized spacial score (nSPS) is 19.2. The highest BCUT2D eigenvalue weighted by atomic mass is 35.5. The lowest BCUT2D eigenvalue weighted by molar-refractivity contribution is -0.113. The average molecular weight is 494 g/mol. The van der Waals surface area contributed by atoms with Gasteiger partial charge in [0, 0.05) is 30.8 Å². The molecule has 0 aliphatic carbocycles. The number of halogens is 1. The van der Waals surface area contributed by atoms with Crippen molar-refractivity contribution in [1.29, 1.82) is 0 Å². The lowest BCUT2D eigenvalue weighted by Crippen LogP contribution is -2.35. The standard InChI is InChI=1S/C23H32ClN5O3S/c1-15-6-8-28(9-7-15)22-26-27-23(29(22)13-17-5-4-10-32-17)33-14-21(30)25-19-11-16(2)18(24)12-20(19)31-3/h11-12,15,17H,4-10,13-14H2,1-3H3,(H,25,30). The van der Waals surface area contributed by atoms with E-state index in [2.05, 4.69) is 31.9 Å². The molecule has 180 valence electrons. The fraction of sp³-hybridized carbons (Fsp3) is 0.609. The molecule has 33 heavy (non-hydrogen) atoms. The van der Waals surface area contributed by atoms with Crippen LogP contribution in [0.2, 0.25) is 5.02 Å². The summed E-state index contributed by atoms with van der Waals surface area (Å²) < 4.78 is 13.4. The second kappa shape index (κ2) is 11.0. The zero-order valence-electron chi connectivity index (χ0n) is 19.5. The number of ether oxygens (including phenoxy) is 2. The van der Waals surface area contributed by atoms with Gasteiger partial charge in [0.1, 0.15) is 5.75 Å².